The van der Waals surface area contributed by atoms with Gasteiger partial charge in [0.25, 0.3) is 0 Å². The molecule has 0 fully saturated rings. The minimum Gasteiger partial charge on any atom is -0.491 e. The molecule has 0 radical (unpaired) electrons. The highest BCUT2D eigenvalue weighted by molar-refractivity contribution is 5.90. The maximum Gasteiger partial charge on any atom is 0.358 e. The number of nitrogens with one attached hydrogen (secondary N) is 1. The number of aromatic carboxylic acids is 1. The van der Waals surface area contributed by atoms with Crippen LogP contribution in [0, 0.1) is 5.92 Å². The number of nitrogens with zero attached hydrogens (tertiary/aromatic N) is 2. The van der Waals surface area contributed by atoms with Crippen molar-refractivity contribution in [3.8, 4) is 5.75 Å². The Labute approximate surface area is 111 Å². The van der Waals surface area contributed by atoms with Crippen molar-refractivity contribution in [2.45, 2.75) is 26.4 Å². The van der Waals surface area contributed by atoms with Gasteiger partial charge >= 0.3 is 5.97 Å². The van der Waals surface area contributed by atoms with Crippen LogP contribution in [0.15, 0.2) is 6.33 Å². The largest absolute Gasteiger partial charge is 0.491 e. The van der Waals surface area contributed by atoms with E-state index in [1.54, 1.807) is 0 Å². The van der Waals surface area contributed by atoms with Crippen LogP contribution < -0.4 is 10.1 Å². The Kier molecular flexibility index (Phi) is 5.50. The molecule has 0 aromatic carbocycles. The average molecular weight is 269 g/mol. The standard InChI is InChI=1S/C12H19N3O4/c1-7(2)4-8(16)5-13-11-10(19-3)9(12(17)18)14-6-15-11/h6-8,16H,4-5H2,1-3H3,(H,17,18)(H,13,14,15). The molecule has 1 aromatic rings. The van der Waals surface area contributed by atoms with E-state index in [0.717, 1.165) is 6.33 Å². The molecule has 1 aromatic heterocycles. The van der Waals surface area contributed by atoms with Crippen molar-refractivity contribution in [1.82, 2.24) is 9.97 Å². The number of anilines is 1. The molecular formula is C12H19N3O4. The molecular weight excluding hydrogens is 250 g/mol. The van der Waals surface area contributed by atoms with Gasteiger partial charge in [0, 0.05) is 6.54 Å². The van der Waals surface area contributed by atoms with Crippen LogP contribution in [-0.2, 0) is 0 Å². The van der Waals surface area contributed by atoms with Crippen LogP contribution >= 0.6 is 0 Å². The third kappa shape index (κ3) is 4.36. The number of aliphatic hydroxyl groups is 1. The van der Waals surface area contributed by atoms with Crippen molar-refractivity contribution in [2.24, 2.45) is 5.92 Å². The van der Waals surface area contributed by atoms with E-state index in [1.807, 2.05) is 13.8 Å². The van der Waals surface area contributed by atoms with E-state index < -0.39 is 12.1 Å². The van der Waals surface area contributed by atoms with Gasteiger partial charge in [-0.1, -0.05) is 13.8 Å². The van der Waals surface area contributed by atoms with Gasteiger partial charge in [-0.2, -0.15) is 0 Å². The van der Waals surface area contributed by atoms with Gasteiger partial charge in [0.15, 0.2) is 17.3 Å². The molecule has 7 nitrogen and oxygen atoms in total. The Balaban J connectivity index is 2.78. The molecule has 0 aliphatic heterocycles. The van der Waals surface area contributed by atoms with Gasteiger partial charge in [0.1, 0.15) is 6.33 Å². The van der Waals surface area contributed by atoms with Crippen LogP contribution in [0.5, 0.6) is 5.75 Å². The molecule has 7 heteroatoms. The van der Waals surface area contributed by atoms with E-state index >= 15 is 0 Å². The number of ether oxygens (including phenoxy) is 1. The van der Waals surface area contributed by atoms with E-state index in [2.05, 4.69) is 15.3 Å². The second-order valence-electron chi connectivity index (χ2n) is 4.57. The Morgan fingerprint density at radius 1 is 1.47 bits per heavy atom. The number of aromatic nitrogens is 2. The molecule has 19 heavy (non-hydrogen) atoms. The van der Waals surface area contributed by atoms with E-state index in [4.69, 9.17) is 9.84 Å². The number of carbonyl (C=O) groups is 1. The van der Waals surface area contributed by atoms with Gasteiger partial charge in [-0.15, -0.1) is 0 Å². The fourth-order valence-corrected chi connectivity index (χ4v) is 1.69. The van der Waals surface area contributed by atoms with Crippen LogP contribution in [0.3, 0.4) is 0 Å². The summed E-state index contributed by atoms with van der Waals surface area (Å²) in [7, 11) is 1.35. The molecule has 0 spiro atoms. The zero-order valence-corrected chi connectivity index (χ0v) is 11.3. The summed E-state index contributed by atoms with van der Waals surface area (Å²) in [5, 5.41) is 21.6. The molecule has 0 aliphatic carbocycles. The van der Waals surface area contributed by atoms with Crippen LogP contribution in [0.25, 0.3) is 0 Å². The van der Waals surface area contributed by atoms with Gasteiger partial charge < -0.3 is 20.3 Å². The SMILES string of the molecule is COc1c(NCC(O)CC(C)C)ncnc1C(=O)O. The highest BCUT2D eigenvalue weighted by Gasteiger charge is 2.18. The smallest absolute Gasteiger partial charge is 0.358 e. The lowest BCUT2D eigenvalue weighted by atomic mass is 10.1. The zero-order valence-electron chi connectivity index (χ0n) is 11.3. The zero-order chi connectivity index (χ0) is 14.4. The van der Waals surface area contributed by atoms with Crippen molar-refractivity contribution < 1.29 is 19.7 Å². The second-order valence-corrected chi connectivity index (χ2v) is 4.57. The van der Waals surface area contributed by atoms with Gasteiger partial charge in [0.2, 0.25) is 0 Å². The first kappa shape index (κ1) is 15.2. The molecule has 0 amide bonds. The van der Waals surface area contributed by atoms with Crippen LogP contribution in [-0.4, -0.2) is 45.9 Å². The van der Waals surface area contributed by atoms with Crippen molar-refractivity contribution >= 4 is 11.8 Å². The lowest BCUT2D eigenvalue weighted by molar-refractivity contribution is 0.0686. The number of carboxylic acids is 1. The van der Waals surface area contributed by atoms with E-state index in [-0.39, 0.29) is 23.8 Å². The van der Waals surface area contributed by atoms with Crippen LogP contribution in [0.2, 0.25) is 0 Å². The first-order chi connectivity index (χ1) is 8.95. The monoisotopic (exact) mass is 269 g/mol. The summed E-state index contributed by atoms with van der Waals surface area (Å²) < 4.78 is 5.00. The first-order valence-corrected chi connectivity index (χ1v) is 5.99. The maximum atomic E-state index is 11.0. The Morgan fingerprint density at radius 3 is 2.68 bits per heavy atom. The summed E-state index contributed by atoms with van der Waals surface area (Å²) in [5.74, 6) is -0.492. The topological polar surface area (TPSA) is 105 Å². The minimum absolute atomic E-state index is 0.0618. The van der Waals surface area contributed by atoms with Crippen molar-refractivity contribution in [2.75, 3.05) is 19.0 Å². The molecule has 0 bridgehead atoms. The highest BCUT2D eigenvalue weighted by atomic mass is 16.5. The van der Waals surface area contributed by atoms with Crippen molar-refractivity contribution in [3.05, 3.63) is 12.0 Å². The molecule has 3 N–H and O–H groups in total. The van der Waals surface area contributed by atoms with Gasteiger partial charge in [0.05, 0.1) is 13.2 Å². The molecule has 0 saturated heterocycles. The van der Waals surface area contributed by atoms with E-state index in [1.165, 1.54) is 7.11 Å². The predicted molar refractivity (Wildman–Crippen MR) is 69.5 cm³/mol. The number of hydrogen-bond acceptors (Lipinski definition) is 6. The van der Waals surface area contributed by atoms with Gasteiger partial charge in [-0.05, 0) is 12.3 Å². The summed E-state index contributed by atoms with van der Waals surface area (Å²) >= 11 is 0. The Hall–Kier alpha value is -1.89. The normalized spacial score (nSPS) is 12.3. The number of carboxylic acid groups (broad SMARTS) is 1. The van der Waals surface area contributed by atoms with Crippen LogP contribution in [0.1, 0.15) is 30.8 Å². The second kappa shape index (κ2) is 6.89. The Morgan fingerprint density at radius 2 is 2.16 bits per heavy atom. The third-order valence-corrected chi connectivity index (χ3v) is 2.46. The number of methoxy groups -OCH3 is 1. The minimum atomic E-state index is -1.19. The summed E-state index contributed by atoms with van der Waals surface area (Å²) in [6.07, 6.45) is 1.25. The van der Waals surface area contributed by atoms with E-state index in [0.29, 0.717) is 12.3 Å². The molecule has 1 atom stereocenters. The molecule has 0 aliphatic rings. The number of rotatable bonds is 7. The fourth-order valence-electron chi connectivity index (χ4n) is 1.69. The van der Waals surface area contributed by atoms with E-state index in [9.17, 15) is 9.90 Å². The lowest BCUT2D eigenvalue weighted by Gasteiger charge is -2.16. The quantitative estimate of drug-likeness (QED) is 0.678. The number of aliphatic hydroxyl groups excluding tert-OH is 1. The summed E-state index contributed by atoms with van der Waals surface area (Å²) in [4.78, 5) is 18.5. The third-order valence-electron chi connectivity index (χ3n) is 2.46. The molecule has 1 rings (SSSR count). The molecule has 1 heterocycles. The fraction of sp³-hybridized carbons (Fsp3) is 0.583. The summed E-state index contributed by atoms with van der Waals surface area (Å²) in [5.41, 5.74) is -0.210. The predicted octanol–water partition coefficient (Wildman–Crippen LogP) is 1.00. The molecule has 1 unspecified atom stereocenters. The van der Waals surface area contributed by atoms with Crippen molar-refractivity contribution in [3.63, 3.8) is 0 Å². The summed E-state index contributed by atoms with van der Waals surface area (Å²) in [6.45, 7) is 4.29. The summed E-state index contributed by atoms with van der Waals surface area (Å²) in [6, 6.07) is 0. The van der Waals surface area contributed by atoms with Gasteiger partial charge in [-0.3, -0.25) is 0 Å². The first-order valence-electron chi connectivity index (χ1n) is 5.99. The molecule has 106 valence electrons. The molecule has 0 saturated carbocycles. The highest BCUT2D eigenvalue weighted by Crippen LogP contribution is 2.24. The number of hydrogen-bond donors (Lipinski definition) is 3. The van der Waals surface area contributed by atoms with Gasteiger partial charge in [-0.25, -0.2) is 14.8 Å². The Bertz CT molecular complexity index is 437. The van der Waals surface area contributed by atoms with Crippen molar-refractivity contribution in [1.29, 1.82) is 0 Å². The lowest BCUT2D eigenvalue weighted by Crippen LogP contribution is -2.22. The van der Waals surface area contributed by atoms with Crippen LogP contribution in [0.4, 0.5) is 5.82 Å². The average Bonchev–Trinajstić information content (AvgIpc) is 2.34. The maximum absolute atomic E-state index is 11.0.